The van der Waals surface area contributed by atoms with Crippen molar-refractivity contribution in [1.82, 2.24) is 4.98 Å². The molecular formula is C16H16N2O. The first-order chi connectivity index (χ1) is 9.20. The first kappa shape index (κ1) is 11.7. The third kappa shape index (κ3) is 2.55. The van der Waals surface area contributed by atoms with Crippen LogP contribution in [0.5, 0.6) is 5.75 Å². The molecule has 0 aliphatic rings. The second kappa shape index (κ2) is 4.69. The number of anilines is 1. The first-order valence-electron chi connectivity index (χ1n) is 6.27. The van der Waals surface area contributed by atoms with E-state index in [1.807, 2.05) is 36.4 Å². The molecule has 3 heteroatoms. The standard InChI is InChI=1S/C16H16N2O/c1-11-3-2-4-15(7-11)19-10-14-9-12-8-13(17)5-6-16(12)18-14/h2-9,18H,10,17H2,1H3. The van der Waals surface area contributed by atoms with Crippen molar-refractivity contribution in [2.24, 2.45) is 0 Å². The fourth-order valence-corrected chi connectivity index (χ4v) is 2.16. The number of aromatic nitrogens is 1. The predicted octanol–water partition coefficient (Wildman–Crippen LogP) is 3.64. The van der Waals surface area contributed by atoms with Crippen LogP contribution < -0.4 is 10.5 Å². The molecule has 0 spiro atoms. The van der Waals surface area contributed by atoms with Crippen LogP contribution in [0.1, 0.15) is 11.3 Å². The van der Waals surface area contributed by atoms with Gasteiger partial charge in [0.15, 0.2) is 0 Å². The minimum atomic E-state index is 0.526. The Bertz CT molecular complexity index is 716. The highest BCUT2D eigenvalue weighted by molar-refractivity contribution is 5.83. The molecule has 0 radical (unpaired) electrons. The number of fused-ring (bicyclic) bond motifs is 1. The predicted molar refractivity (Wildman–Crippen MR) is 78.2 cm³/mol. The zero-order valence-electron chi connectivity index (χ0n) is 10.8. The molecule has 0 atom stereocenters. The summed E-state index contributed by atoms with van der Waals surface area (Å²) in [7, 11) is 0. The van der Waals surface area contributed by atoms with Gasteiger partial charge in [-0.25, -0.2) is 0 Å². The number of benzene rings is 2. The smallest absolute Gasteiger partial charge is 0.128 e. The quantitative estimate of drug-likeness (QED) is 0.699. The lowest BCUT2D eigenvalue weighted by atomic mass is 10.2. The Kier molecular flexibility index (Phi) is 2.88. The van der Waals surface area contributed by atoms with E-state index in [-0.39, 0.29) is 0 Å². The molecule has 1 heterocycles. The van der Waals surface area contributed by atoms with E-state index < -0.39 is 0 Å². The van der Waals surface area contributed by atoms with Crippen LogP contribution >= 0.6 is 0 Å². The molecular weight excluding hydrogens is 236 g/mol. The van der Waals surface area contributed by atoms with Gasteiger partial charge in [-0.1, -0.05) is 12.1 Å². The van der Waals surface area contributed by atoms with Gasteiger partial charge in [-0.15, -0.1) is 0 Å². The van der Waals surface area contributed by atoms with Crippen LogP contribution in [0.4, 0.5) is 5.69 Å². The molecule has 0 bridgehead atoms. The minimum absolute atomic E-state index is 0.526. The van der Waals surface area contributed by atoms with Crippen LogP contribution in [0.3, 0.4) is 0 Å². The normalized spacial score (nSPS) is 10.8. The summed E-state index contributed by atoms with van der Waals surface area (Å²) in [5.41, 5.74) is 9.87. The Morgan fingerprint density at radius 2 is 2.00 bits per heavy atom. The van der Waals surface area contributed by atoms with Gasteiger partial charge in [0.2, 0.25) is 0 Å². The third-order valence-corrected chi connectivity index (χ3v) is 3.08. The maximum Gasteiger partial charge on any atom is 0.128 e. The highest BCUT2D eigenvalue weighted by Gasteiger charge is 2.02. The lowest BCUT2D eigenvalue weighted by molar-refractivity contribution is 0.302. The number of ether oxygens (including phenoxy) is 1. The Labute approximate surface area is 112 Å². The van der Waals surface area contributed by atoms with Crippen LogP contribution in [-0.2, 0) is 6.61 Å². The van der Waals surface area contributed by atoms with Crippen molar-refractivity contribution in [2.45, 2.75) is 13.5 Å². The van der Waals surface area contributed by atoms with E-state index in [1.165, 1.54) is 5.56 Å². The molecule has 3 aromatic rings. The molecule has 0 saturated carbocycles. The summed E-state index contributed by atoms with van der Waals surface area (Å²) in [6, 6.07) is 16.0. The lowest BCUT2D eigenvalue weighted by Crippen LogP contribution is -1.95. The third-order valence-electron chi connectivity index (χ3n) is 3.08. The number of nitrogens with two attached hydrogens (primary N) is 1. The van der Waals surface area contributed by atoms with Crippen molar-refractivity contribution in [1.29, 1.82) is 0 Å². The lowest BCUT2D eigenvalue weighted by Gasteiger charge is -2.05. The second-order valence-electron chi connectivity index (χ2n) is 4.75. The zero-order valence-corrected chi connectivity index (χ0v) is 10.8. The molecule has 0 amide bonds. The van der Waals surface area contributed by atoms with Gasteiger partial charge < -0.3 is 15.5 Å². The van der Waals surface area contributed by atoms with Gasteiger partial charge in [-0.2, -0.15) is 0 Å². The molecule has 3 nitrogen and oxygen atoms in total. The van der Waals surface area contributed by atoms with Crippen LogP contribution in [0.15, 0.2) is 48.5 Å². The van der Waals surface area contributed by atoms with Gasteiger partial charge in [0, 0.05) is 16.6 Å². The van der Waals surface area contributed by atoms with Crippen LogP contribution in [-0.4, -0.2) is 4.98 Å². The summed E-state index contributed by atoms with van der Waals surface area (Å²) >= 11 is 0. The van der Waals surface area contributed by atoms with Gasteiger partial charge in [0.1, 0.15) is 12.4 Å². The molecule has 3 rings (SSSR count). The van der Waals surface area contributed by atoms with E-state index in [2.05, 4.69) is 24.0 Å². The second-order valence-corrected chi connectivity index (χ2v) is 4.75. The Hall–Kier alpha value is -2.42. The van der Waals surface area contributed by atoms with Crippen molar-refractivity contribution < 1.29 is 4.74 Å². The molecule has 0 aliphatic heterocycles. The Morgan fingerprint density at radius 3 is 2.84 bits per heavy atom. The van der Waals surface area contributed by atoms with Crippen LogP contribution in [0, 0.1) is 6.92 Å². The summed E-state index contributed by atoms with van der Waals surface area (Å²) in [6.07, 6.45) is 0. The Balaban J connectivity index is 1.78. The molecule has 2 aromatic carbocycles. The van der Waals surface area contributed by atoms with E-state index in [0.717, 1.165) is 28.0 Å². The van der Waals surface area contributed by atoms with E-state index >= 15 is 0 Å². The van der Waals surface area contributed by atoms with E-state index in [0.29, 0.717) is 6.61 Å². The van der Waals surface area contributed by atoms with E-state index in [4.69, 9.17) is 10.5 Å². The average Bonchev–Trinajstić information content (AvgIpc) is 2.78. The number of aryl methyl sites for hydroxylation is 1. The summed E-state index contributed by atoms with van der Waals surface area (Å²) in [6.45, 7) is 2.58. The van der Waals surface area contributed by atoms with Gasteiger partial charge in [-0.3, -0.25) is 0 Å². The number of nitrogens with one attached hydrogen (secondary N) is 1. The molecule has 3 N–H and O–H groups in total. The first-order valence-corrected chi connectivity index (χ1v) is 6.27. The fourth-order valence-electron chi connectivity index (χ4n) is 2.16. The largest absolute Gasteiger partial charge is 0.487 e. The molecule has 0 aliphatic carbocycles. The highest BCUT2D eigenvalue weighted by Crippen LogP contribution is 2.20. The zero-order chi connectivity index (χ0) is 13.2. The molecule has 1 aromatic heterocycles. The summed E-state index contributed by atoms with van der Waals surface area (Å²) < 4.78 is 5.77. The molecule has 0 unspecified atom stereocenters. The molecule has 96 valence electrons. The molecule has 0 saturated heterocycles. The maximum absolute atomic E-state index is 5.77. The van der Waals surface area contributed by atoms with Crippen molar-refractivity contribution >= 4 is 16.6 Å². The van der Waals surface area contributed by atoms with Crippen molar-refractivity contribution in [3.8, 4) is 5.75 Å². The number of hydrogen-bond acceptors (Lipinski definition) is 2. The van der Waals surface area contributed by atoms with Gasteiger partial charge in [-0.05, 0) is 48.9 Å². The van der Waals surface area contributed by atoms with E-state index in [9.17, 15) is 0 Å². The number of H-pyrrole nitrogens is 1. The number of aromatic amines is 1. The topological polar surface area (TPSA) is 51.0 Å². The van der Waals surface area contributed by atoms with Crippen LogP contribution in [0.25, 0.3) is 10.9 Å². The van der Waals surface area contributed by atoms with Crippen molar-refractivity contribution in [2.75, 3.05) is 5.73 Å². The fraction of sp³-hybridized carbons (Fsp3) is 0.125. The van der Waals surface area contributed by atoms with Gasteiger partial charge in [0.25, 0.3) is 0 Å². The summed E-state index contributed by atoms with van der Waals surface area (Å²) in [5.74, 6) is 0.887. The maximum atomic E-state index is 5.77. The Morgan fingerprint density at radius 1 is 1.11 bits per heavy atom. The number of hydrogen-bond donors (Lipinski definition) is 2. The summed E-state index contributed by atoms with van der Waals surface area (Å²) in [5, 5.41) is 1.11. The average molecular weight is 252 g/mol. The monoisotopic (exact) mass is 252 g/mol. The van der Waals surface area contributed by atoms with Crippen molar-refractivity contribution in [3.63, 3.8) is 0 Å². The number of rotatable bonds is 3. The molecule has 19 heavy (non-hydrogen) atoms. The number of nitrogen functional groups attached to an aromatic ring is 1. The van der Waals surface area contributed by atoms with Crippen molar-refractivity contribution in [3.05, 3.63) is 59.8 Å². The minimum Gasteiger partial charge on any atom is -0.487 e. The van der Waals surface area contributed by atoms with Crippen LogP contribution in [0.2, 0.25) is 0 Å². The molecule has 0 fully saturated rings. The van der Waals surface area contributed by atoms with Gasteiger partial charge in [0.05, 0.1) is 5.69 Å². The van der Waals surface area contributed by atoms with Gasteiger partial charge >= 0.3 is 0 Å². The SMILES string of the molecule is Cc1cccc(OCc2cc3cc(N)ccc3[nH]2)c1. The summed E-state index contributed by atoms with van der Waals surface area (Å²) in [4.78, 5) is 3.33. The van der Waals surface area contributed by atoms with E-state index in [1.54, 1.807) is 0 Å². The highest BCUT2D eigenvalue weighted by atomic mass is 16.5.